The summed E-state index contributed by atoms with van der Waals surface area (Å²) in [5.74, 6) is -1.81. The van der Waals surface area contributed by atoms with Gasteiger partial charge in [0.05, 0.1) is 11.1 Å². The van der Waals surface area contributed by atoms with Crippen molar-refractivity contribution in [2.75, 3.05) is 0 Å². The first-order chi connectivity index (χ1) is 14.4. The van der Waals surface area contributed by atoms with Crippen molar-refractivity contribution in [2.24, 2.45) is 0 Å². The van der Waals surface area contributed by atoms with Crippen LogP contribution in [0.4, 0.5) is 0 Å². The minimum absolute atomic E-state index is 0.143. The Morgan fingerprint density at radius 2 is 1.67 bits per heavy atom. The van der Waals surface area contributed by atoms with E-state index >= 15 is 0 Å². The zero-order valence-electron chi connectivity index (χ0n) is 15.4. The molecule has 0 amide bonds. The maximum Gasteiger partial charge on any atom is 0.377 e. The van der Waals surface area contributed by atoms with Crippen molar-refractivity contribution >= 4 is 45.9 Å². The number of fused-ring (bicyclic) bond motifs is 1. The van der Waals surface area contributed by atoms with Gasteiger partial charge in [0, 0.05) is 17.3 Å². The lowest BCUT2D eigenvalue weighted by Crippen LogP contribution is -2.12. The van der Waals surface area contributed by atoms with Crippen LogP contribution >= 0.6 is 23.2 Å². The van der Waals surface area contributed by atoms with Gasteiger partial charge in [0.25, 0.3) is 5.78 Å². The molecule has 2 aromatic carbocycles. The number of rotatable bonds is 6. The highest BCUT2D eigenvalue weighted by atomic mass is 35.5. The first-order valence-electron chi connectivity index (χ1n) is 8.85. The summed E-state index contributed by atoms with van der Waals surface area (Å²) in [7, 11) is 0. The van der Waals surface area contributed by atoms with Crippen LogP contribution in [0.2, 0.25) is 10.3 Å². The zero-order valence-corrected chi connectivity index (χ0v) is 16.9. The monoisotopic (exact) mass is 440 g/mol. The molecule has 8 heteroatoms. The van der Waals surface area contributed by atoms with Crippen LogP contribution < -0.4 is 4.74 Å². The number of hydrogen-bond acceptors (Lipinski definition) is 4. The Morgan fingerprint density at radius 1 is 1.00 bits per heavy atom. The van der Waals surface area contributed by atoms with Gasteiger partial charge in [-0.05, 0) is 48.0 Å². The summed E-state index contributed by atoms with van der Waals surface area (Å²) in [5, 5.41) is 10.3. The molecule has 0 aliphatic carbocycles. The average molecular weight is 441 g/mol. The third-order valence-corrected chi connectivity index (χ3v) is 4.88. The maximum atomic E-state index is 12.1. The third kappa shape index (κ3) is 4.01. The molecule has 150 valence electrons. The van der Waals surface area contributed by atoms with E-state index in [1.54, 1.807) is 41.0 Å². The first-order valence-corrected chi connectivity index (χ1v) is 9.61. The Labute approximate surface area is 181 Å². The van der Waals surface area contributed by atoms with Gasteiger partial charge in [-0.1, -0.05) is 41.4 Å². The number of halogens is 2. The van der Waals surface area contributed by atoms with Crippen molar-refractivity contribution in [3.05, 3.63) is 88.3 Å². The van der Waals surface area contributed by atoms with Crippen molar-refractivity contribution in [3.8, 4) is 11.4 Å². The number of ether oxygens (including phenoxy) is 1. The van der Waals surface area contributed by atoms with E-state index in [1.807, 2.05) is 24.3 Å². The molecule has 6 nitrogen and oxygen atoms in total. The van der Waals surface area contributed by atoms with Gasteiger partial charge in [0.15, 0.2) is 0 Å². The van der Waals surface area contributed by atoms with Gasteiger partial charge in [0.2, 0.25) is 0 Å². The van der Waals surface area contributed by atoms with Gasteiger partial charge in [-0.2, -0.15) is 0 Å². The topological polar surface area (TPSA) is 81.4 Å². The summed E-state index contributed by atoms with van der Waals surface area (Å²) < 4.78 is 7.54. The molecule has 0 unspecified atom stereocenters. The van der Waals surface area contributed by atoms with Crippen LogP contribution in [0.15, 0.2) is 66.9 Å². The lowest BCUT2D eigenvalue weighted by Gasteiger charge is -2.09. The maximum absolute atomic E-state index is 12.1. The Bertz CT molecular complexity index is 1250. The summed E-state index contributed by atoms with van der Waals surface area (Å²) in [6.45, 7) is 0.269. The summed E-state index contributed by atoms with van der Waals surface area (Å²) in [4.78, 5) is 27.1. The normalized spacial score (nSPS) is 10.9. The average Bonchev–Trinajstić information content (AvgIpc) is 3.11. The van der Waals surface area contributed by atoms with Gasteiger partial charge in [-0.3, -0.25) is 4.79 Å². The summed E-state index contributed by atoms with van der Waals surface area (Å²) in [5.41, 5.74) is 2.43. The van der Waals surface area contributed by atoms with Gasteiger partial charge >= 0.3 is 5.97 Å². The summed E-state index contributed by atoms with van der Waals surface area (Å²) in [6.07, 6.45) is 1.54. The number of carboxylic acids is 1. The largest absolute Gasteiger partial charge is 0.489 e. The molecule has 0 saturated heterocycles. The minimum atomic E-state index is -1.49. The van der Waals surface area contributed by atoms with Crippen LogP contribution in [-0.4, -0.2) is 26.4 Å². The quantitative estimate of drug-likeness (QED) is 0.253. The van der Waals surface area contributed by atoms with Crippen LogP contribution in [0.3, 0.4) is 0 Å². The molecule has 0 aliphatic heterocycles. The number of para-hydroxylation sites is 1. The number of hydrogen-bond donors (Lipinski definition) is 1. The van der Waals surface area contributed by atoms with E-state index in [2.05, 4.69) is 4.98 Å². The van der Waals surface area contributed by atoms with Crippen molar-refractivity contribution < 1.29 is 19.4 Å². The number of pyridine rings is 1. The number of aromatic nitrogens is 2. The fourth-order valence-corrected chi connectivity index (χ4v) is 3.66. The molecule has 0 spiro atoms. The second-order valence-corrected chi connectivity index (χ2v) is 7.24. The fraction of sp³-hybridized carbons (Fsp3) is 0.0455. The molecule has 1 N–H and O–H groups in total. The molecular weight excluding hydrogens is 427 g/mol. The van der Waals surface area contributed by atoms with Gasteiger partial charge in [-0.15, -0.1) is 0 Å². The SMILES string of the molecule is O=C(O)C(=O)c1cn(-c2ccc(OCc3cc(Cl)nc(Cl)c3)cc2)c2ccccc12. The molecule has 0 bridgehead atoms. The lowest BCUT2D eigenvalue weighted by molar-refractivity contribution is -0.131. The molecule has 0 fully saturated rings. The number of nitrogens with zero attached hydrogens (tertiary/aromatic N) is 2. The van der Waals surface area contributed by atoms with E-state index in [0.717, 1.165) is 16.8 Å². The van der Waals surface area contributed by atoms with Crippen molar-refractivity contribution in [1.82, 2.24) is 9.55 Å². The van der Waals surface area contributed by atoms with Crippen LogP contribution in [0.25, 0.3) is 16.6 Å². The number of carbonyl (C=O) groups is 2. The van der Waals surface area contributed by atoms with Gasteiger partial charge in [0.1, 0.15) is 22.7 Å². The smallest absolute Gasteiger partial charge is 0.377 e. The zero-order chi connectivity index (χ0) is 21.3. The fourth-order valence-electron chi connectivity index (χ4n) is 3.16. The number of ketones is 1. The molecule has 2 aromatic heterocycles. The molecule has 2 heterocycles. The summed E-state index contributed by atoms with van der Waals surface area (Å²) in [6, 6.07) is 17.7. The number of carboxylic acid groups (broad SMARTS) is 1. The Hall–Kier alpha value is -3.35. The molecule has 0 aliphatic rings. The number of aliphatic carboxylic acids is 1. The molecule has 0 radical (unpaired) electrons. The second kappa shape index (κ2) is 8.18. The molecule has 0 atom stereocenters. The Morgan fingerprint density at radius 3 is 2.33 bits per heavy atom. The van der Waals surface area contributed by atoms with E-state index in [-0.39, 0.29) is 12.2 Å². The predicted octanol–water partition coefficient (Wildman–Crippen LogP) is 5.18. The van der Waals surface area contributed by atoms with E-state index in [9.17, 15) is 9.59 Å². The van der Waals surface area contributed by atoms with Crippen LogP contribution in [-0.2, 0) is 11.4 Å². The standard InChI is InChI=1S/C22H14Cl2N2O4/c23-19-9-13(10-20(24)25-19)12-30-15-7-5-14(6-8-15)26-11-17(21(27)22(28)29)16-3-1-2-4-18(16)26/h1-11H,12H2,(H,28,29). The minimum Gasteiger partial charge on any atom is -0.489 e. The third-order valence-electron chi connectivity index (χ3n) is 4.49. The van der Waals surface area contributed by atoms with Crippen molar-refractivity contribution in [3.63, 3.8) is 0 Å². The highest BCUT2D eigenvalue weighted by molar-refractivity contribution is 6.42. The van der Waals surface area contributed by atoms with E-state index < -0.39 is 11.8 Å². The lowest BCUT2D eigenvalue weighted by atomic mass is 10.1. The van der Waals surface area contributed by atoms with Gasteiger partial charge in [-0.25, -0.2) is 9.78 Å². The van der Waals surface area contributed by atoms with E-state index in [0.29, 0.717) is 21.4 Å². The second-order valence-electron chi connectivity index (χ2n) is 6.47. The molecular formula is C22H14Cl2N2O4. The van der Waals surface area contributed by atoms with E-state index in [1.165, 1.54) is 6.20 Å². The number of Topliss-reactive ketones (excluding diaryl/α,β-unsaturated/α-hetero) is 1. The summed E-state index contributed by atoms with van der Waals surface area (Å²) >= 11 is 11.8. The van der Waals surface area contributed by atoms with Crippen molar-refractivity contribution in [1.29, 1.82) is 0 Å². The van der Waals surface area contributed by atoms with E-state index in [4.69, 9.17) is 33.0 Å². The van der Waals surface area contributed by atoms with Crippen LogP contribution in [0.5, 0.6) is 5.75 Å². The van der Waals surface area contributed by atoms with Crippen molar-refractivity contribution in [2.45, 2.75) is 6.61 Å². The molecule has 0 saturated carbocycles. The van der Waals surface area contributed by atoms with Crippen LogP contribution in [0.1, 0.15) is 15.9 Å². The Kier molecular flexibility index (Phi) is 5.44. The highest BCUT2D eigenvalue weighted by Crippen LogP contribution is 2.27. The Balaban J connectivity index is 1.60. The highest BCUT2D eigenvalue weighted by Gasteiger charge is 2.21. The predicted molar refractivity (Wildman–Crippen MR) is 114 cm³/mol. The number of benzene rings is 2. The van der Waals surface area contributed by atoms with Crippen LogP contribution in [0, 0.1) is 0 Å². The first kappa shape index (κ1) is 19.9. The molecule has 30 heavy (non-hydrogen) atoms. The molecule has 4 aromatic rings. The molecule has 4 rings (SSSR count). The van der Waals surface area contributed by atoms with Gasteiger partial charge < -0.3 is 14.4 Å². The number of carbonyl (C=O) groups excluding carboxylic acids is 1.